The highest BCUT2D eigenvalue weighted by atomic mass is 16.1. The van der Waals surface area contributed by atoms with Gasteiger partial charge in [0.05, 0.1) is 6.04 Å². The third-order valence-corrected chi connectivity index (χ3v) is 3.53. The van der Waals surface area contributed by atoms with E-state index in [0.29, 0.717) is 17.5 Å². The van der Waals surface area contributed by atoms with Crippen LogP contribution in [-0.4, -0.2) is 24.7 Å². The number of ketones is 2. The highest BCUT2D eigenvalue weighted by molar-refractivity contribution is 6.08. The Balaban J connectivity index is 2.12. The van der Waals surface area contributed by atoms with Gasteiger partial charge < -0.3 is 5.32 Å². The lowest BCUT2D eigenvalue weighted by molar-refractivity contribution is -0.118. The summed E-state index contributed by atoms with van der Waals surface area (Å²) in [4.78, 5) is 23.7. The van der Waals surface area contributed by atoms with Crippen molar-refractivity contribution in [2.24, 2.45) is 0 Å². The smallest absolute Gasteiger partial charge is 0.193 e. The lowest BCUT2D eigenvalue weighted by Gasteiger charge is -2.12. The van der Waals surface area contributed by atoms with Gasteiger partial charge in [-0.15, -0.1) is 0 Å². The van der Waals surface area contributed by atoms with Crippen LogP contribution in [-0.2, 0) is 11.2 Å². The Kier molecular flexibility index (Phi) is 5.01. The Hall–Kier alpha value is -2.26. The SMILES string of the molecule is CN[C@@H](Cc1ccc(C(=O)c2ccccc2)cc1)C(C)=O. The maximum atomic E-state index is 12.3. The molecule has 0 aromatic heterocycles. The van der Waals surface area contributed by atoms with Gasteiger partial charge in [0.1, 0.15) is 5.78 Å². The second-order valence-electron chi connectivity index (χ2n) is 5.05. The molecule has 0 bridgehead atoms. The number of carbonyl (C=O) groups is 2. The van der Waals surface area contributed by atoms with Crippen LogP contribution in [0.25, 0.3) is 0 Å². The summed E-state index contributed by atoms with van der Waals surface area (Å²) >= 11 is 0. The summed E-state index contributed by atoms with van der Waals surface area (Å²) in [5.41, 5.74) is 2.38. The molecule has 0 unspecified atom stereocenters. The molecular weight excluding hydrogens is 262 g/mol. The Morgan fingerprint density at radius 2 is 1.52 bits per heavy atom. The molecule has 0 aliphatic heterocycles. The molecule has 3 heteroatoms. The molecule has 0 aliphatic rings. The first-order valence-corrected chi connectivity index (χ1v) is 6.98. The van der Waals surface area contributed by atoms with Gasteiger partial charge in [-0.2, -0.15) is 0 Å². The Morgan fingerprint density at radius 3 is 2.05 bits per heavy atom. The summed E-state index contributed by atoms with van der Waals surface area (Å²) in [6.07, 6.45) is 0.631. The summed E-state index contributed by atoms with van der Waals surface area (Å²) < 4.78 is 0. The number of nitrogens with one attached hydrogen (secondary N) is 1. The average Bonchev–Trinajstić information content (AvgIpc) is 2.53. The van der Waals surface area contributed by atoms with Crippen LogP contribution in [0.4, 0.5) is 0 Å². The predicted molar refractivity (Wildman–Crippen MR) is 83.5 cm³/mol. The molecule has 0 fully saturated rings. The number of rotatable bonds is 6. The lowest BCUT2D eigenvalue weighted by atomic mass is 9.99. The molecule has 0 heterocycles. The standard InChI is InChI=1S/C18H19NO2/c1-13(20)17(19-2)12-14-8-10-16(11-9-14)18(21)15-6-4-3-5-7-15/h3-11,17,19H,12H2,1-2H3/t17-/m0/s1. The first-order valence-electron chi connectivity index (χ1n) is 6.98. The summed E-state index contributed by atoms with van der Waals surface area (Å²) in [6, 6.07) is 16.5. The Morgan fingerprint density at radius 1 is 0.952 bits per heavy atom. The van der Waals surface area contributed by atoms with Crippen molar-refractivity contribution in [2.45, 2.75) is 19.4 Å². The largest absolute Gasteiger partial charge is 0.310 e. The summed E-state index contributed by atoms with van der Waals surface area (Å²) in [7, 11) is 1.78. The zero-order valence-electron chi connectivity index (χ0n) is 12.3. The summed E-state index contributed by atoms with van der Waals surface area (Å²) in [5, 5.41) is 3.00. The minimum absolute atomic E-state index is 0.0129. The van der Waals surface area contributed by atoms with E-state index in [4.69, 9.17) is 0 Å². The molecule has 2 rings (SSSR count). The van der Waals surface area contributed by atoms with Crippen molar-refractivity contribution < 1.29 is 9.59 Å². The van der Waals surface area contributed by atoms with E-state index in [1.807, 2.05) is 54.6 Å². The van der Waals surface area contributed by atoms with Gasteiger partial charge in [0.15, 0.2) is 5.78 Å². The van der Waals surface area contributed by atoms with Crippen LogP contribution in [0.15, 0.2) is 54.6 Å². The van der Waals surface area contributed by atoms with E-state index < -0.39 is 0 Å². The lowest BCUT2D eigenvalue weighted by Crippen LogP contribution is -2.34. The zero-order valence-corrected chi connectivity index (χ0v) is 12.3. The van der Waals surface area contributed by atoms with Gasteiger partial charge in [-0.25, -0.2) is 0 Å². The molecule has 0 radical (unpaired) electrons. The van der Waals surface area contributed by atoms with Crippen LogP contribution in [0.1, 0.15) is 28.4 Å². The zero-order chi connectivity index (χ0) is 15.2. The molecule has 21 heavy (non-hydrogen) atoms. The molecule has 3 nitrogen and oxygen atoms in total. The van der Waals surface area contributed by atoms with Crippen LogP contribution < -0.4 is 5.32 Å². The molecule has 0 saturated carbocycles. The van der Waals surface area contributed by atoms with Crippen molar-refractivity contribution in [2.75, 3.05) is 7.05 Å². The Labute approximate surface area is 125 Å². The minimum Gasteiger partial charge on any atom is -0.310 e. The third-order valence-electron chi connectivity index (χ3n) is 3.53. The second kappa shape index (κ2) is 6.95. The van der Waals surface area contributed by atoms with E-state index in [1.54, 1.807) is 14.0 Å². The van der Waals surface area contributed by atoms with Gasteiger partial charge in [-0.3, -0.25) is 9.59 Å². The van der Waals surface area contributed by atoms with Crippen LogP contribution in [0.2, 0.25) is 0 Å². The number of benzene rings is 2. The third kappa shape index (κ3) is 3.86. The number of hydrogen-bond acceptors (Lipinski definition) is 3. The van der Waals surface area contributed by atoms with Crippen molar-refractivity contribution in [3.8, 4) is 0 Å². The van der Waals surface area contributed by atoms with Gasteiger partial charge in [-0.05, 0) is 26.0 Å². The van der Waals surface area contributed by atoms with Gasteiger partial charge in [0.2, 0.25) is 0 Å². The quantitative estimate of drug-likeness (QED) is 0.828. The fourth-order valence-corrected chi connectivity index (χ4v) is 2.23. The van der Waals surface area contributed by atoms with Crippen LogP contribution in [0, 0.1) is 0 Å². The fraction of sp³-hybridized carbons (Fsp3) is 0.222. The molecule has 108 valence electrons. The molecule has 0 aliphatic carbocycles. The predicted octanol–water partition coefficient (Wildman–Crippen LogP) is 2.64. The van der Waals surface area contributed by atoms with Crippen molar-refractivity contribution >= 4 is 11.6 Å². The van der Waals surface area contributed by atoms with E-state index in [-0.39, 0.29) is 17.6 Å². The fourth-order valence-electron chi connectivity index (χ4n) is 2.23. The molecule has 2 aromatic rings. The normalized spacial score (nSPS) is 11.9. The molecule has 1 N–H and O–H groups in total. The highest BCUT2D eigenvalue weighted by Crippen LogP contribution is 2.12. The molecule has 2 aromatic carbocycles. The highest BCUT2D eigenvalue weighted by Gasteiger charge is 2.13. The van der Waals surface area contributed by atoms with Gasteiger partial charge in [-0.1, -0.05) is 54.6 Å². The van der Waals surface area contributed by atoms with Gasteiger partial charge in [0, 0.05) is 11.1 Å². The maximum absolute atomic E-state index is 12.3. The molecule has 0 spiro atoms. The van der Waals surface area contributed by atoms with E-state index >= 15 is 0 Å². The Bertz CT molecular complexity index is 617. The van der Waals surface area contributed by atoms with Gasteiger partial charge in [0.25, 0.3) is 0 Å². The number of hydrogen-bond donors (Lipinski definition) is 1. The summed E-state index contributed by atoms with van der Waals surface area (Å²) in [5.74, 6) is 0.126. The van der Waals surface area contributed by atoms with Crippen LogP contribution in [0.3, 0.4) is 0 Å². The molecular formula is C18H19NO2. The molecule has 1 atom stereocenters. The van der Waals surface area contributed by atoms with Crippen molar-refractivity contribution in [1.29, 1.82) is 0 Å². The first-order chi connectivity index (χ1) is 10.1. The maximum Gasteiger partial charge on any atom is 0.193 e. The van der Waals surface area contributed by atoms with Crippen LogP contribution in [0.5, 0.6) is 0 Å². The number of carbonyl (C=O) groups excluding carboxylic acids is 2. The first kappa shape index (κ1) is 15.1. The summed E-state index contributed by atoms with van der Waals surface area (Å²) in [6.45, 7) is 1.58. The van der Waals surface area contributed by atoms with Crippen molar-refractivity contribution in [1.82, 2.24) is 5.32 Å². The molecule has 0 saturated heterocycles. The topological polar surface area (TPSA) is 46.2 Å². The minimum atomic E-state index is -0.180. The van der Waals surface area contributed by atoms with Crippen molar-refractivity contribution in [3.63, 3.8) is 0 Å². The number of likely N-dealkylation sites (N-methyl/N-ethyl adjacent to an activating group) is 1. The number of Topliss-reactive ketones (excluding diaryl/α,β-unsaturated/α-hetero) is 1. The van der Waals surface area contributed by atoms with E-state index in [0.717, 1.165) is 5.56 Å². The van der Waals surface area contributed by atoms with E-state index in [9.17, 15) is 9.59 Å². The van der Waals surface area contributed by atoms with E-state index in [2.05, 4.69) is 5.32 Å². The second-order valence-corrected chi connectivity index (χ2v) is 5.05. The average molecular weight is 281 g/mol. The van der Waals surface area contributed by atoms with Crippen molar-refractivity contribution in [3.05, 3.63) is 71.3 Å². The molecule has 0 amide bonds. The van der Waals surface area contributed by atoms with Gasteiger partial charge >= 0.3 is 0 Å². The van der Waals surface area contributed by atoms with Crippen LogP contribution >= 0.6 is 0 Å². The monoisotopic (exact) mass is 281 g/mol. The van der Waals surface area contributed by atoms with E-state index in [1.165, 1.54) is 0 Å².